The molecule has 12 heteroatoms. The van der Waals surface area contributed by atoms with Crippen LogP contribution in [-0.2, 0) is 11.3 Å². The van der Waals surface area contributed by atoms with E-state index in [-0.39, 0.29) is 29.3 Å². The van der Waals surface area contributed by atoms with Crippen molar-refractivity contribution in [3.05, 3.63) is 42.1 Å². The van der Waals surface area contributed by atoms with Crippen LogP contribution < -0.4 is 14.4 Å². The Morgan fingerprint density at radius 3 is 2.71 bits per heavy atom. The number of aromatic nitrogens is 2. The van der Waals surface area contributed by atoms with Crippen LogP contribution >= 0.6 is 0 Å². The second-order valence-corrected chi connectivity index (χ2v) is 12.7. The average Bonchev–Trinajstić information content (AvgIpc) is 3.38. The number of amides is 1. The van der Waals surface area contributed by atoms with Crippen LogP contribution in [0.5, 0.6) is 11.5 Å². The summed E-state index contributed by atoms with van der Waals surface area (Å²) >= 11 is -2.19. The number of nitrogens with zero attached hydrogens (tertiary/aromatic N) is 5. The lowest BCUT2D eigenvalue weighted by molar-refractivity contribution is -0.0386. The van der Waals surface area contributed by atoms with Crippen molar-refractivity contribution < 1.29 is 22.7 Å². The molecule has 2 aliphatic heterocycles. The van der Waals surface area contributed by atoms with Gasteiger partial charge in [0.05, 0.1) is 11.8 Å². The Balaban J connectivity index is 1.20. The van der Waals surface area contributed by atoms with Crippen molar-refractivity contribution >= 4 is 23.0 Å². The van der Waals surface area contributed by atoms with Gasteiger partial charge in [0, 0.05) is 62.6 Å². The van der Waals surface area contributed by atoms with Gasteiger partial charge in [0.1, 0.15) is 17.9 Å². The number of likely N-dealkylation sites (tertiary alicyclic amines) is 1. The number of halogens is 1. The van der Waals surface area contributed by atoms with E-state index in [0.29, 0.717) is 29.4 Å². The molecule has 2 saturated heterocycles. The first kappa shape index (κ1) is 29.8. The minimum Gasteiger partial charge on any atom is -0.760 e. The van der Waals surface area contributed by atoms with Gasteiger partial charge in [-0.15, -0.1) is 0 Å². The van der Waals surface area contributed by atoms with Gasteiger partial charge in [-0.2, -0.15) is 0 Å². The van der Waals surface area contributed by atoms with E-state index in [9.17, 15) is 17.9 Å². The molecule has 5 rings (SSSR count). The largest absolute Gasteiger partial charge is 0.760 e. The number of rotatable bonds is 10. The number of hydrogen-bond donors (Lipinski definition) is 1. The zero-order valence-corrected chi connectivity index (χ0v) is 24.9. The van der Waals surface area contributed by atoms with Crippen molar-refractivity contribution in [2.45, 2.75) is 65.0 Å². The first-order valence-corrected chi connectivity index (χ1v) is 15.6. The van der Waals surface area contributed by atoms with E-state index < -0.39 is 17.1 Å². The number of hydrogen-bond acceptors (Lipinski definition) is 8. The molecule has 224 valence electrons. The zero-order chi connectivity index (χ0) is 29.1. The van der Waals surface area contributed by atoms with Gasteiger partial charge in [-0.1, -0.05) is 0 Å². The molecule has 2 atom stereocenters. The van der Waals surface area contributed by atoms with Gasteiger partial charge >= 0.3 is 0 Å². The first-order valence-electron chi connectivity index (χ1n) is 14.6. The van der Waals surface area contributed by atoms with Crippen LogP contribution in [0.2, 0.25) is 0 Å². The molecule has 10 nitrogen and oxygen atoms in total. The summed E-state index contributed by atoms with van der Waals surface area (Å²) in [6.07, 6.45) is 8.08. The van der Waals surface area contributed by atoms with E-state index >= 15 is 0 Å². The van der Waals surface area contributed by atoms with E-state index in [1.54, 1.807) is 11.1 Å². The SMILES string of the molecule is CCN(C(=O)c1cc(F)ccc1Oc1cncnc1N1CC[C@@H](CN2CC3(CCC(NS(=O)[O-])CC3)C2)C1)C(C)C. The van der Waals surface area contributed by atoms with Gasteiger partial charge in [0.25, 0.3) is 5.91 Å². The van der Waals surface area contributed by atoms with Crippen LogP contribution in [0.15, 0.2) is 30.7 Å². The molecule has 0 bridgehead atoms. The van der Waals surface area contributed by atoms with E-state index in [1.807, 2.05) is 20.8 Å². The van der Waals surface area contributed by atoms with E-state index in [2.05, 4.69) is 24.5 Å². The van der Waals surface area contributed by atoms with Crippen molar-refractivity contribution in [1.82, 2.24) is 24.5 Å². The summed E-state index contributed by atoms with van der Waals surface area (Å²) in [6, 6.07) is 4.05. The standard InChI is InChI=1S/C29H41FN6O4S/c1-4-36(20(2)3)28(37)24-13-22(30)5-6-25(24)40-26-14-31-19-32-27(26)35-12-9-21(16-35)15-34-17-29(18-34)10-7-23(8-11-29)33-41(38)39/h5-6,13-14,19-21,23,33H,4,7-12,15-18H2,1-3H3,(H,38,39)/p-1/t21-/m0/s1. The Morgan fingerprint density at radius 1 is 1.27 bits per heavy atom. The van der Waals surface area contributed by atoms with Gasteiger partial charge in [-0.25, -0.2) is 19.1 Å². The van der Waals surface area contributed by atoms with Gasteiger partial charge in [0.15, 0.2) is 11.6 Å². The highest BCUT2D eigenvalue weighted by molar-refractivity contribution is 7.77. The first-order chi connectivity index (χ1) is 19.7. The monoisotopic (exact) mass is 587 g/mol. The van der Waals surface area contributed by atoms with Gasteiger partial charge in [0.2, 0.25) is 0 Å². The highest BCUT2D eigenvalue weighted by atomic mass is 32.2. The molecule has 3 fully saturated rings. The lowest BCUT2D eigenvalue weighted by atomic mass is 9.67. The molecule has 1 N–H and O–H groups in total. The maximum absolute atomic E-state index is 14.2. The summed E-state index contributed by atoms with van der Waals surface area (Å²) in [6.45, 7) is 11.1. The zero-order valence-electron chi connectivity index (χ0n) is 24.1. The molecule has 1 saturated carbocycles. The summed E-state index contributed by atoms with van der Waals surface area (Å²) in [5, 5.41) is 0. The van der Waals surface area contributed by atoms with Crippen molar-refractivity contribution in [2.75, 3.05) is 44.2 Å². The molecule has 1 aliphatic carbocycles. The summed E-state index contributed by atoms with van der Waals surface area (Å²) in [5.74, 6) is 1.09. The molecule has 1 aromatic heterocycles. The second-order valence-electron chi connectivity index (χ2n) is 12.0. The van der Waals surface area contributed by atoms with Crippen LogP contribution in [0.25, 0.3) is 0 Å². The number of benzene rings is 1. The second kappa shape index (κ2) is 12.7. The van der Waals surface area contributed by atoms with E-state index in [4.69, 9.17) is 4.74 Å². The molecule has 1 unspecified atom stereocenters. The van der Waals surface area contributed by atoms with Crippen molar-refractivity contribution in [3.8, 4) is 11.5 Å². The summed E-state index contributed by atoms with van der Waals surface area (Å²) in [5.41, 5.74) is 0.509. The molecule has 41 heavy (non-hydrogen) atoms. The lowest BCUT2D eigenvalue weighted by Crippen LogP contribution is -2.59. The Labute approximate surface area is 244 Å². The minimum atomic E-state index is -2.19. The fourth-order valence-corrected chi connectivity index (χ4v) is 7.27. The molecular formula is C29H40FN6O4S-. The molecular weight excluding hydrogens is 547 g/mol. The third-order valence-corrected chi connectivity index (χ3v) is 9.33. The van der Waals surface area contributed by atoms with Crippen LogP contribution in [-0.4, -0.2) is 85.8 Å². The van der Waals surface area contributed by atoms with Gasteiger partial charge < -0.3 is 24.0 Å². The third-order valence-electron chi connectivity index (χ3n) is 8.80. The maximum atomic E-state index is 14.2. The summed E-state index contributed by atoms with van der Waals surface area (Å²) in [4.78, 5) is 28.4. The Bertz CT molecular complexity index is 1250. The quantitative estimate of drug-likeness (QED) is 0.419. The van der Waals surface area contributed by atoms with E-state index in [1.165, 1.54) is 24.5 Å². The van der Waals surface area contributed by atoms with Gasteiger partial charge in [-0.05, 0) is 82.4 Å². The predicted octanol–water partition coefficient (Wildman–Crippen LogP) is 3.73. The number of carbonyl (C=O) groups excluding carboxylic acids is 1. The third kappa shape index (κ3) is 6.87. The van der Waals surface area contributed by atoms with Gasteiger partial charge in [-0.3, -0.25) is 9.00 Å². The number of anilines is 1. The normalized spacial score (nSPS) is 21.7. The molecule has 1 spiro atoms. The topological polar surface area (TPSA) is 114 Å². The van der Waals surface area contributed by atoms with Crippen LogP contribution in [0.3, 0.4) is 0 Å². The number of nitrogens with one attached hydrogen (secondary N) is 1. The smallest absolute Gasteiger partial charge is 0.257 e. The van der Waals surface area contributed by atoms with Crippen LogP contribution in [0.4, 0.5) is 10.2 Å². The highest BCUT2D eigenvalue weighted by Crippen LogP contribution is 2.44. The Kier molecular flexibility index (Phi) is 9.22. The summed E-state index contributed by atoms with van der Waals surface area (Å²) in [7, 11) is 0. The summed E-state index contributed by atoms with van der Waals surface area (Å²) < 4.78 is 45.0. The molecule has 3 heterocycles. The van der Waals surface area contributed by atoms with E-state index in [0.717, 1.165) is 64.8 Å². The highest BCUT2D eigenvalue weighted by Gasteiger charge is 2.45. The van der Waals surface area contributed by atoms with Crippen molar-refractivity contribution in [1.29, 1.82) is 0 Å². The fraction of sp³-hybridized carbons (Fsp3) is 0.621. The predicted molar refractivity (Wildman–Crippen MR) is 154 cm³/mol. The van der Waals surface area contributed by atoms with Crippen LogP contribution in [0, 0.1) is 17.2 Å². The molecule has 1 aromatic carbocycles. The molecule has 0 radical (unpaired) electrons. The maximum Gasteiger partial charge on any atom is 0.257 e. The minimum absolute atomic E-state index is 0.0372. The Morgan fingerprint density at radius 2 is 2.02 bits per heavy atom. The lowest BCUT2D eigenvalue weighted by Gasteiger charge is -2.54. The number of ether oxygens (including phenoxy) is 1. The number of carbonyl (C=O) groups is 1. The molecule has 1 amide bonds. The van der Waals surface area contributed by atoms with Crippen molar-refractivity contribution in [3.63, 3.8) is 0 Å². The fourth-order valence-electron chi connectivity index (χ4n) is 6.77. The van der Waals surface area contributed by atoms with Crippen molar-refractivity contribution in [2.24, 2.45) is 11.3 Å². The average molecular weight is 588 g/mol. The molecule has 3 aliphatic rings. The molecule has 2 aromatic rings. The Hall–Kier alpha value is -2.67. The van der Waals surface area contributed by atoms with Crippen LogP contribution in [0.1, 0.15) is 63.2 Å².